The summed E-state index contributed by atoms with van der Waals surface area (Å²) in [6, 6.07) is 18.3. The van der Waals surface area contributed by atoms with Crippen LogP contribution in [-0.4, -0.2) is 29.0 Å². The van der Waals surface area contributed by atoms with Crippen LogP contribution in [0.2, 0.25) is 5.02 Å². The minimum Gasteiger partial charge on any atom is -0.497 e. The van der Waals surface area contributed by atoms with E-state index in [4.69, 9.17) is 26.1 Å². The van der Waals surface area contributed by atoms with Crippen molar-refractivity contribution in [3.8, 4) is 22.8 Å². The van der Waals surface area contributed by atoms with Gasteiger partial charge < -0.3 is 14.8 Å². The third-order valence-electron chi connectivity index (χ3n) is 4.59. The van der Waals surface area contributed by atoms with Crippen LogP contribution in [0.25, 0.3) is 16.9 Å². The van der Waals surface area contributed by atoms with Gasteiger partial charge in [-0.2, -0.15) is 0 Å². The van der Waals surface area contributed by atoms with E-state index >= 15 is 0 Å². The zero-order chi connectivity index (χ0) is 21.1. The Labute approximate surface area is 179 Å². The molecule has 0 aliphatic carbocycles. The average molecular weight is 422 g/mol. The van der Waals surface area contributed by atoms with Crippen LogP contribution in [0.15, 0.2) is 66.9 Å². The summed E-state index contributed by atoms with van der Waals surface area (Å²) < 4.78 is 12.7. The lowest BCUT2D eigenvalue weighted by molar-refractivity contribution is -0.118. The summed E-state index contributed by atoms with van der Waals surface area (Å²) in [5.41, 5.74) is 3.36. The van der Waals surface area contributed by atoms with Gasteiger partial charge in [-0.25, -0.2) is 4.98 Å². The molecule has 0 spiro atoms. The average Bonchev–Trinajstić information content (AvgIpc) is 3.10. The molecule has 0 radical (unpaired) electrons. The number of rotatable bonds is 6. The monoisotopic (exact) mass is 421 g/mol. The summed E-state index contributed by atoms with van der Waals surface area (Å²) in [4.78, 5) is 17.4. The quantitative estimate of drug-likeness (QED) is 0.476. The van der Waals surface area contributed by atoms with Crippen molar-refractivity contribution < 1.29 is 14.3 Å². The van der Waals surface area contributed by atoms with Crippen molar-refractivity contribution in [3.05, 3.63) is 77.4 Å². The van der Waals surface area contributed by atoms with E-state index in [0.717, 1.165) is 22.5 Å². The van der Waals surface area contributed by atoms with E-state index in [-0.39, 0.29) is 12.5 Å². The van der Waals surface area contributed by atoms with Crippen LogP contribution >= 0.6 is 11.6 Å². The van der Waals surface area contributed by atoms with Crippen molar-refractivity contribution in [1.82, 2.24) is 9.38 Å². The topological polar surface area (TPSA) is 64.9 Å². The number of nitrogens with zero attached hydrogens (tertiary/aromatic N) is 2. The predicted molar refractivity (Wildman–Crippen MR) is 117 cm³/mol. The van der Waals surface area contributed by atoms with Crippen molar-refractivity contribution in [3.63, 3.8) is 0 Å². The number of ether oxygens (including phenoxy) is 2. The Balaban J connectivity index is 1.62. The van der Waals surface area contributed by atoms with Crippen LogP contribution in [-0.2, 0) is 4.79 Å². The molecule has 0 bridgehead atoms. The molecule has 0 fully saturated rings. The van der Waals surface area contributed by atoms with Gasteiger partial charge in [0.15, 0.2) is 6.61 Å². The lowest BCUT2D eigenvalue weighted by atomic mass is 10.1. The Kier molecular flexibility index (Phi) is 5.59. The Morgan fingerprint density at radius 2 is 1.77 bits per heavy atom. The first-order valence-electron chi connectivity index (χ1n) is 9.35. The van der Waals surface area contributed by atoms with Crippen LogP contribution in [0.3, 0.4) is 0 Å². The molecule has 6 nitrogen and oxygen atoms in total. The van der Waals surface area contributed by atoms with E-state index in [1.807, 2.05) is 53.9 Å². The molecule has 1 amide bonds. The standard InChI is InChI=1S/C23H20ClN3O3/c1-15-11-12-27-20(13-15)25-22(16-3-7-18(29-2)8-4-16)23(27)26-21(28)14-30-19-9-5-17(24)6-10-19/h3-13H,14H2,1-2H3,(H,26,28). The molecule has 0 atom stereocenters. The number of benzene rings is 2. The highest BCUT2D eigenvalue weighted by atomic mass is 35.5. The number of aromatic nitrogens is 2. The van der Waals surface area contributed by atoms with E-state index < -0.39 is 0 Å². The number of anilines is 1. The van der Waals surface area contributed by atoms with E-state index in [1.165, 1.54) is 0 Å². The molecule has 2 aromatic carbocycles. The van der Waals surface area contributed by atoms with Crippen LogP contribution in [0, 0.1) is 6.92 Å². The zero-order valence-electron chi connectivity index (χ0n) is 16.6. The fourth-order valence-electron chi connectivity index (χ4n) is 3.06. The summed E-state index contributed by atoms with van der Waals surface area (Å²) in [5.74, 6) is 1.61. The SMILES string of the molecule is COc1ccc(-c2nc3cc(C)ccn3c2NC(=O)COc2ccc(Cl)cc2)cc1. The second-order valence-corrected chi connectivity index (χ2v) is 7.20. The molecule has 0 aliphatic rings. The minimum atomic E-state index is -0.290. The molecule has 2 aromatic heterocycles. The maximum Gasteiger partial charge on any atom is 0.263 e. The molecular weight excluding hydrogens is 402 g/mol. The second kappa shape index (κ2) is 8.47. The number of halogens is 1. The van der Waals surface area contributed by atoms with Crippen molar-refractivity contribution in [1.29, 1.82) is 0 Å². The molecule has 0 aliphatic heterocycles. The van der Waals surface area contributed by atoms with Crippen LogP contribution in [0.1, 0.15) is 5.56 Å². The smallest absolute Gasteiger partial charge is 0.263 e. The third kappa shape index (κ3) is 4.23. The van der Waals surface area contributed by atoms with Gasteiger partial charge in [0, 0.05) is 16.8 Å². The predicted octanol–water partition coefficient (Wildman–Crippen LogP) is 4.99. The fraction of sp³-hybridized carbons (Fsp3) is 0.130. The Bertz CT molecular complexity index is 1190. The van der Waals surface area contributed by atoms with E-state index in [2.05, 4.69) is 5.32 Å². The number of carbonyl (C=O) groups is 1. The van der Waals surface area contributed by atoms with Gasteiger partial charge >= 0.3 is 0 Å². The molecule has 4 rings (SSSR count). The highest BCUT2D eigenvalue weighted by molar-refractivity contribution is 6.30. The number of carbonyl (C=O) groups excluding carboxylic acids is 1. The Morgan fingerprint density at radius 3 is 2.47 bits per heavy atom. The number of imidazole rings is 1. The molecule has 2 heterocycles. The zero-order valence-corrected chi connectivity index (χ0v) is 17.3. The lowest BCUT2D eigenvalue weighted by Gasteiger charge is -2.10. The number of nitrogens with one attached hydrogen (secondary N) is 1. The van der Waals surface area contributed by atoms with E-state index in [1.54, 1.807) is 31.4 Å². The first-order valence-corrected chi connectivity index (χ1v) is 9.72. The van der Waals surface area contributed by atoms with Crippen LogP contribution in [0.5, 0.6) is 11.5 Å². The van der Waals surface area contributed by atoms with Crippen molar-refractivity contribution in [2.45, 2.75) is 6.92 Å². The fourth-order valence-corrected chi connectivity index (χ4v) is 3.19. The highest BCUT2D eigenvalue weighted by Gasteiger charge is 2.17. The van der Waals surface area contributed by atoms with Gasteiger partial charge in [0.2, 0.25) is 0 Å². The van der Waals surface area contributed by atoms with Crippen molar-refractivity contribution >= 4 is 29.0 Å². The van der Waals surface area contributed by atoms with E-state index in [9.17, 15) is 4.79 Å². The van der Waals surface area contributed by atoms with Gasteiger partial charge in [0.05, 0.1) is 7.11 Å². The van der Waals surface area contributed by atoms with Crippen LogP contribution < -0.4 is 14.8 Å². The van der Waals surface area contributed by atoms with Gasteiger partial charge in [0.1, 0.15) is 28.7 Å². The van der Waals surface area contributed by atoms with Crippen molar-refractivity contribution in [2.24, 2.45) is 0 Å². The number of pyridine rings is 1. The maximum absolute atomic E-state index is 12.6. The molecule has 0 unspecified atom stereocenters. The van der Waals surface area contributed by atoms with Gasteiger partial charge in [-0.3, -0.25) is 9.20 Å². The Morgan fingerprint density at radius 1 is 1.07 bits per heavy atom. The molecule has 152 valence electrons. The first kappa shape index (κ1) is 19.8. The lowest BCUT2D eigenvalue weighted by Crippen LogP contribution is -2.21. The number of fused-ring (bicyclic) bond motifs is 1. The van der Waals surface area contributed by atoms with Gasteiger partial charge in [-0.05, 0) is 73.2 Å². The molecule has 1 N–H and O–H groups in total. The largest absolute Gasteiger partial charge is 0.497 e. The number of aryl methyl sites for hydroxylation is 1. The molecule has 7 heteroatoms. The highest BCUT2D eigenvalue weighted by Crippen LogP contribution is 2.30. The summed E-state index contributed by atoms with van der Waals surface area (Å²) in [6.45, 7) is 1.86. The molecule has 0 saturated heterocycles. The van der Waals surface area contributed by atoms with Crippen molar-refractivity contribution in [2.75, 3.05) is 19.0 Å². The van der Waals surface area contributed by atoms with Gasteiger partial charge in [-0.1, -0.05) is 11.6 Å². The molecule has 0 saturated carbocycles. The summed E-state index contributed by atoms with van der Waals surface area (Å²) in [5, 5.41) is 3.55. The molecular formula is C23H20ClN3O3. The number of amides is 1. The number of hydrogen-bond acceptors (Lipinski definition) is 4. The van der Waals surface area contributed by atoms with Crippen LogP contribution in [0.4, 0.5) is 5.82 Å². The normalized spacial score (nSPS) is 10.8. The first-order chi connectivity index (χ1) is 14.5. The van der Waals surface area contributed by atoms with Gasteiger partial charge in [-0.15, -0.1) is 0 Å². The molecule has 30 heavy (non-hydrogen) atoms. The Hall–Kier alpha value is -3.51. The summed E-state index contributed by atoms with van der Waals surface area (Å²) in [6.07, 6.45) is 1.89. The third-order valence-corrected chi connectivity index (χ3v) is 4.84. The second-order valence-electron chi connectivity index (χ2n) is 6.76. The minimum absolute atomic E-state index is 0.136. The molecule has 4 aromatic rings. The summed E-state index contributed by atoms with van der Waals surface area (Å²) >= 11 is 5.88. The van der Waals surface area contributed by atoms with E-state index in [0.29, 0.717) is 22.3 Å². The van der Waals surface area contributed by atoms with Gasteiger partial charge in [0.25, 0.3) is 5.91 Å². The summed E-state index contributed by atoms with van der Waals surface area (Å²) in [7, 11) is 1.62. The number of methoxy groups -OCH3 is 1. The number of hydrogen-bond donors (Lipinski definition) is 1. The maximum atomic E-state index is 12.6.